The zero-order valence-corrected chi connectivity index (χ0v) is 10.3. The Kier molecular flexibility index (Phi) is 3.55. The van der Waals surface area contributed by atoms with Gasteiger partial charge in [0.05, 0.1) is 5.69 Å². The van der Waals surface area contributed by atoms with Crippen molar-refractivity contribution >= 4 is 22.4 Å². The summed E-state index contributed by atoms with van der Waals surface area (Å²) in [5.74, 6) is 0.569. The third-order valence-electron chi connectivity index (χ3n) is 2.01. The molecule has 1 amide bonds. The number of carbonyl (C=O) groups excluding carboxylic acids is 1. The smallest absolute Gasteiger partial charge is 0.293 e. The Hall–Kier alpha value is -1.66. The number of rotatable bonds is 4. The zero-order valence-electron chi connectivity index (χ0n) is 9.52. The lowest BCUT2D eigenvalue weighted by molar-refractivity contribution is 0.0987. The second-order valence-corrected chi connectivity index (χ2v) is 4.31. The van der Waals surface area contributed by atoms with Gasteiger partial charge in [-0.05, 0) is 19.1 Å². The van der Waals surface area contributed by atoms with Gasteiger partial charge in [-0.2, -0.15) is 0 Å². The van der Waals surface area contributed by atoms with Crippen molar-refractivity contribution in [1.29, 1.82) is 0 Å². The van der Waals surface area contributed by atoms with Crippen LogP contribution in [0.25, 0.3) is 0 Å². The SMILES string of the molecule is COCc1ccc(C(=O)Nc2nc(C)cs2)o1. The van der Waals surface area contributed by atoms with Crippen molar-refractivity contribution < 1.29 is 13.9 Å². The fraction of sp³-hybridized carbons (Fsp3) is 0.273. The van der Waals surface area contributed by atoms with Crippen molar-refractivity contribution in [3.8, 4) is 0 Å². The van der Waals surface area contributed by atoms with Gasteiger partial charge in [0.15, 0.2) is 10.9 Å². The van der Waals surface area contributed by atoms with Crippen molar-refractivity contribution in [2.24, 2.45) is 0 Å². The molecule has 0 aliphatic rings. The highest BCUT2D eigenvalue weighted by atomic mass is 32.1. The average Bonchev–Trinajstić information content (AvgIpc) is 2.88. The normalized spacial score (nSPS) is 10.5. The van der Waals surface area contributed by atoms with Crippen LogP contribution in [0, 0.1) is 6.92 Å². The topological polar surface area (TPSA) is 64.4 Å². The molecule has 0 aliphatic heterocycles. The third-order valence-corrected chi connectivity index (χ3v) is 2.89. The number of hydrogen-bond acceptors (Lipinski definition) is 5. The van der Waals surface area contributed by atoms with Gasteiger partial charge in [-0.1, -0.05) is 0 Å². The van der Waals surface area contributed by atoms with Gasteiger partial charge in [-0.25, -0.2) is 4.98 Å². The van der Waals surface area contributed by atoms with E-state index in [2.05, 4.69) is 10.3 Å². The molecule has 2 rings (SSSR count). The lowest BCUT2D eigenvalue weighted by Gasteiger charge is -1.97. The van der Waals surface area contributed by atoms with E-state index in [4.69, 9.17) is 9.15 Å². The molecule has 1 N–H and O–H groups in total. The maximum absolute atomic E-state index is 11.8. The molecule has 0 unspecified atom stereocenters. The minimum Gasteiger partial charge on any atom is -0.453 e. The number of furan rings is 1. The number of thiazole rings is 1. The molecule has 90 valence electrons. The molecule has 0 saturated carbocycles. The highest BCUT2D eigenvalue weighted by Gasteiger charge is 2.12. The summed E-state index contributed by atoms with van der Waals surface area (Å²) in [6.07, 6.45) is 0. The molecule has 0 saturated heterocycles. The molecule has 6 heteroatoms. The van der Waals surface area contributed by atoms with Gasteiger partial charge < -0.3 is 9.15 Å². The maximum atomic E-state index is 11.8. The number of aromatic nitrogens is 1. The van der Waals surface area contributed by atoms with E-state index < -0.39 is 0 Å². The van der Waals surface area contributed by atoms with Gasteiger partial charge in [-0.15, -0.1) is 11.3 Å². The second kappa shape index (κ2) is 5.11. The molecule has 0 fully saturated rings. The van der Waals surface area contributed by atoms with Crippen LogP contribution < -0.4 is 5.32 Å². The van der Waals surface area contributed by atoms with E-state index in [1.807, 2.05) is 12.3 Å². The lowest BCUT2D eigenvalue weighted by Crippen LogP contribution is -2.10. The minimum atomic E-state index is -0.304. The summed E-state index contributed by atoms with van der Waals surface area (Å²) in [4.78, 5) is 15.9. The van der Waals surface area contributed by atoms with Crippen LogP contribution in [0.2, 0.25) is 0 Å². The van der Waals surface area contributed by atoms with Gasteiger partial charge in [0, 0.05) is 12.5 Å². The molecule has 5 nitrogen and oxygen atoms in total. The Morgan fingerprint density at radius 3 is 3.06 bits per heavy atom. The number of anilines is 1. The largest absolute Gasteiger partial charge is 0.453 e. The third kappa shape index (κ3) is 2.92. The fourth-order valence-electron chi connectivity index (χ4n) is 1.29. The lowest BCUT2D eigenvalue weighted by atomic mass is 10.4. The van der Waals surface area contributed by atoms with Gasteiger partial charge in [0.2, 0.25) is 0 Å². The summed E-state index contributed by atoms with van der Waals surface area (Å²) >= 11 is 1.38. The number of hydrogen-bond donors (Lipinski definition) is 1. The monoisotopic (exact) mass is 252 g/mol. The van der Waals surface area contributed by atoms with Gasteiger partial charge in [-0.3, -0.25) is 10.1 Å². The molecule has 2 aromatic rings. The second-order valence-electron chi connectivity index (χ2n) is 3.45. The molecule has 0 aromatic carbocycles. The van der Waals surface area contributed by atoms with Crippen molar-refractivity contribution in [2.45, 2.75) is 13.5 Å². The predicted molar refractivity (Wildman–Crippen MR) is 64.2 cm³/mol. The summed E-state index contributed by atoms with van der Waals surface area (Å²) in [7, 11) is 1.57. The molecule has 0 atom stereocenters. The Balaban J connectivity index is 2.03. The Morgan fingerprint density at radius 1 is 1.59 bits per heavy atom. The van der Waals surface area contributed by atoms with Gasteiger partial charge >= 0.3 is 0 Å². The van der Waals surface area contributed by atoms with Crippen LogP contribution in [0.1, 0.15) is 22.0 Å². The summed E-state index contributed by atoms with van der Waals surface area (Å²) in [6, 6.07) is 3.33. The predicted octanol–water partition coefficient (Wildman–Crippen LogP) is 2.44. The van der Waals surface area contributed by atoms with E-state index in [0.29, 0.717) is 17.5 Å². The summed E-state index contributed by atoms with van der Waals surface area (Å²) < 4.78 is 10.2. The Bertz CT molecular complexity index is 518. The zero-order chi connectivity index (χ0) is 12.3. The number of carbonyl (C=O) groups is 1. The first-order valence-electron chi connectivity index (χ1n) is 5.00. The number of nitrogens with zero attached hydrogens (tertiary/aromatic N) is 1. The maximum Gasteiger partial charge on any atom is 0.293 e. The van der Waals surface area contributed by atoms with Crippen LogP contribution >= 0.6 is 11.3 Å². The van der Waals surface area contributed by atoms with Crippen molar-refractivity contribution in [1.82, 2.24) is 4.98 Å². The number of ether oxygens (including phenoxy) is 1. The first-order valence-corrected chi connectivity index (χ1v) is 5.88. The van der Waals surface area contributed by atoms with E-state index in [1.165, 1.54) is 11.3 Å². The van der Waals surface area contributed by atoms with Gasteiger partial charge in [0.1, 0.15) is 12.4 Å². The van der Waals surface area contributed by atoms with Crippen LogP contribution in [-0.4, -0.2) is 18.0 Å². The fourth-order valence-corrected chi connectivity index (χ4v) is 1.97. The van der Waals surface area contributed by atoms with Gasteiger partial charge in [0.25, 0.3) is 5.91 Å². The van der Waals surface area contributed by atoms with E-state index in [1.54, 1.807) is 19.2 Å². The van der Waals surface area contributed by atoms with Crippen molar-refractivity contribution in [2.75, 3.05) is 12.4 Å². The molecule has 0 spiro atoms. The molecular weight excluding hydrogens is 240 g/mol. The van der Waals surface area contributed by atoms with Crippen molar-refractivity contribution in [3.63, 3.8) is 0 Å². The van der Waals surface area contributed by atoms with Crippen LogP contribution in [0.5, 0.6) is 0 Å². The number of aryl methyl sites for hydroxylation is 1. The molecule has 0 bridgehead atoms. The van der Waals surface area contributed by atoms with Crippen LogP contribution in [-0.2, 0) is 11.3 Å². The summed E-state index contributed by atoms with van der Waals surface area (Å²) in [6.45, 7) is 2.22. The summed E-state index contributed by atoms with van der Waals surface area (Å²) in [5, 5.41) is 5.10. The van der Waals surface area contributed by atoms with E-state index in [0.717, 1.165) is 5.69 Å². The van der Waals surface area contributed by atoms with E-state index >= 15 is 0 Å². The number of methoxy groups -OCH3 is 1. The molecular formula is C11H12N2O3S. The van der Waals surface area contributed by atoms with E-state index in [9.17, 15) is 4.79 Å². The number of nitrogens with one attached hydrogen (secondary N) is 1. The molecule has 0 aliphatic carbocycles. The highest BCUT2D eigenvalue weighted by molar-refractivity contribution is 7.13. The first kappa shape index (κ1) is 11.8. The average molecular weight is 252 g/mol. The Morgan fingerprint density at radius 2 is 2.41 bits per heavy atom. The van der Waals surface area contributed by atoms with E-state index in [-0.39, 0.29) is 11.7 Å². The van der Waals surface area contributed by atoms with Crippen molar-refractivity contribution in [3.05, 3.63) is 34.7 Å². The quantitative estimate of drug-likeness (QED) is 0.907. The van der Waals surface area contributed by atoms with Crippen LogP contribution in [0.4, 0.5) is 5.13 Å². The standard InChI is InChI=1S/C11H12N2O3S/c1-7-6-17-11(12-7)13-10(14)9-4-3-8(16-9)5-15-2/h3-4,6H,5H2,1-2H3,(H,12,13,14). The highest BCUT2D eigenvalue weighted by Crippen LogP contribution is 2.16. The summed E-state index contributed by atoms with van der Waals surface area (Å²) in [5.41, 5.74) is 0.879. The van der Waals surface area contributed by atoms with Crippen LogP contribution in [0.3, 0.4) is 0 Å². The molecule has 2 heterocycles. The number of amides is 1. The molecule has 0 radical (unpaired) electrons. The van der Waals surface area contributed by atoms with Crippen LogP contribution in [0.15, 0.2) is 21.9 Å². The molecule has 17 heavy (non-hydrogen) atoms. The Labute approximate surface area is 102 Å². The molecule has 2 aromatic heterocycles. The minimum absolute atomic E-state index is 0.255. The first-order chi connectivity index (χ1) is 8.19.